The normalized spacial score (nSPS) is 16.3. The van der Waals surface area contributed by atoms with Crippen molar-refractivity contribution in [3.8, 4) is 11.5 Å². The lowest BCUT2D eigenvalue weighted by atomic mass is 10.1. The predicted octanol–water partition coefficient (Wildman–Crippen LogP) is 3.32. The number of rotatable bonds is 4. The number of nitrogens with zero attached hydrogens (tertiary/aromatic N) is 1. The Kier molecular flexibility index (Phi) is 4.87. The molecule has 2 heterocycles. The van der Waals surface area contributed by atoms with Crippen LogP contribution in [-0.2, 0) is 14.3 Å². The zero-order valence-electron chi connectivity index (χ0n) is 15.9. The van der Waals surface area contributed by atoms with Crippen molar-refractivity contribution >= 4 is 29.5 Å². The fourth-order valence-electron chi connectivity index (χ4n) is 2.98. The monoisotopic (exact) mass is 390 g/mol. The summed E-state index contributed by atoms with van der Waals surface area (Å²) in [4.78, 5) is 27.6. The number of esters is 1. The third-order valence-electron chi connectivity index (χ3n) is 4.35. The van der Waals surface area contributed by atoms with Crippen LogP contribution in [0.3, 0.4) is 0 Å². The molecule has 7 nitrogen and oxygen atoms in total. The molecule has 1 amide bonds. The highest BCUT2D eigenvalue weighted by Gasteiger charge is 2.25. The Balaban J connectivity index is 1.56. The van der Waals surface area contributed by atoms with Crippen LogP contribution in [0.4, 0.5) is 5.69 Å². The third-order valence-corrected chi connectivity index (χ3v) is 4.35. The molecular formula is C22H18N2O5. The molecule has 0 aliphatic carbocycles. The maximum Gasteiger partial charge on any atom is 0.363 e. The first-order valence-corrected chi connectivity index (χ1v) is 8.94. The van der Waals surface area contributed by atoms with Crippen molar-refractivity contribution in [2.24, 2.45) is 4.99 Å². The second kappa shape index (κ2) is 7.63. The van der Waals surface area contributed by atoms with Gasteiger partial charge < -0.3 is 19.5 Å². The fourth-order valence-corrected chi connectivity index (χ4v) is 2.98. The number of hydrogen-bond donors (Lipinski definition) is 1. The Bertz CT molecular complexity index is 1080. The largest absolute Gasteiger partial charge is 0.497 e. The molecule has 2 aromatic rings. The highest BCUT2D eigenvalue weighted by atomic mass is 16.6. The first kappa shape index (κ1) is 18.5. The predicted molar refractivity (Wildman–Crippen MR) is 108 cm³/mol. The number of carbonyl (C=O) groups excluding carboxylic acids is 2. The Morgan fingerprint density at radius 3 is 2.72 bits per heavy atom. The van der Waals surface area contributed by atoms with Gasteiger partial charge in [-0.15, -0.1) is 0 Å². The van der Waals surface area contributed by atoms with E-state index in [0.29, 0.717) is 17.9 Å². The summed E-state index contributed by atoms with van der Waals surface area (Å²) in [5, 5.41) is 2.68. The van der Waals surface area contributed by atoms with Gasteiger partial charge >= 0.3 is 5.97 Å². The minimum absolute atomic E-state index is 0.157. The zero-order chi connectivity index (χ0) is 20.4. The number of aliphatic imine (C=N–C) groups is 1. The average molecular weight is 390 g/mol. The fraction of sp³-hybridized carbons (Fsp3) is 0.136. The molecule has 0 atom stereocenters. The highest BCUT2D eigenvalue weighted by molar-refractivity contribution is 6.11. The molecule has 0 bridgehead atoms. The Morgan fingerprint density at radius 2 is 2.00 bits per heavy atom. The third kappa shape index (κ3) is 4.03. The second-order valence-corrected chi connectivity index (χ2v) is 6.51. The molecule has 4 rings (SSSR count). The van der Waals surface area contributed by atoms with Crippen LogP contribution in [0.2, 0.25) is 0 Å². The Labute approximate surface area is 167 Å². The summed E-state index contributed by atoms with van der Waals surface area (Å²) in [5.41, 5.74) is 3.20. The molecule has 29 heavy (non-hydrogen) atoms. The molecule has 1 N–H and O–H groups in total. The van der Waals surface area contributed by atoms with Crippen LogP contribution in [0.25, 0.3) is 6.08 Å². The number of fused-ring (bicyclic) bond motifs is 1. The summed E-state index contributed by atoms with van der Waals surface area (Å²) in [5.74, 6) is 0.988. The van der Waals surface area contributed by atoms with Crippen molar-refractivity contribution in [3.63, 3.8) is 0 Å². The molecule has 0 saturated carbocycles. The van der Waals surface area contributed by atoms with Crippen molar-refractivity contribution in [2.75, 3.05) is 19.0 Å². The first-order valence-electron chi connectivity index (χ1n) is 8.94. The van der Waals surface area contributed by atoms with Crippen LogP contribution in [0.5, 0.6) is 11.5 Å². The first-order chi connectivity index (χ1) is 14.0. The van der Waals surface area contributed by atoms with Gasteiger partial charge in [0, 0.05) is 29.8 Å². The van der Waals surface area contributed by atoms with Gasteiger partial charge in [0.1, 0.15) is 18.1 Å². The second-order valence-electron chi connectivity index (χ2n) is 6.51. The van der Waals surface area contributed by atoms with Gasteiger partial charge in [-0.2, -0.15) is 0 Å². The lowest BCUT2D eigenvalue weighted by molar-refractivity contribution is -0.130. The van der Waals surface area contributed by atoms with E-state index >= 15 is 0 Å². The summed E-state index contributed by atoms with van der Waals surface area (Å²) < 4.78 is 16.2. The van der Waals surface area contributed by atoms with E-state index in [1.807, 2.05) is 24.3 Å². The number of methoxy groups -OCH3 is 1. The summed E-state index contributed by atoms with van der Waals surface area (Å²) >= 11 is 0. The number of benzene rings is 2. The SMILES string of the molecule is COc1ccc2c(c1)OCC(/C=C1\N=C(c3ccc(NC(C)=O)cc3)OC1=O)=C2. The summed E-state index contributed by atoms with van der Waals surface area (Å²) in [6.45, 7) is 1.75. The molecule has 146 valence electrons. The average Bonchev–Trinajstić information content (AvgIpc) is 3.08. The van der Waals surface area contributed by atoms with E-state index in [0.717, 1.165) is 22.6 Å². The van der Waals surface area contributed by atoms with Crippen LogP contribution < -0.4 is 14.8 Å². The molecule has 0 fully saturated rings. The van der Waals surface area contributed by atoms with Crippen LogP contribution in [-0.4, -0.2) is 31.5 Å². The molecule has 2 aromatic carbocycles. The van der Waals surface area contributed by atoms with Crippen molar-refractivity contribution in [3.05, 3.63) is 70.9 Å². The molecular weight excluding hydrogens is 372 g/mol. The molecule has 0 saturated heterocycles. The van der Waals surface area contributed by atoms with Crippen molar-refractivity contribution < 1.29 is 23.8 Å². The van der Waals surface area contributed by atoms with E-state index in [2.05, 4.69) is 10.3 Å². The van der Waals surface area contributed by atoms with E-state index in [9.17, 15) is 9.59 Å². The van der Waals surface area contributed by atoms with E-state index in [-0.39, 0.29) is 17.5 Å². The van der Waals surface area contributed by atoms with E-state index in [4.69, 9.17) is 14.2 Å². The summed E-state index contributed by atoms with van der Waals surface area (Å²) in [6, 6.07) is 12.5. The van der Waals surface area contributed by atoms with Crippen LogP contribution in [0, 0.1) is 0 Å². The van der Waals surface area contributed by atoms with Crippen LogP contribution >= 0.6 is 0 Å². The van der Waals surface area contributed by atoms with E-state index in [1.54, 1.807) is 37.5 Å². The van der Waals surface area contributed by atoms with Gasteiger partial charge in [0.25, 0.3) is 0 Å². The quantitative estimate of drug-likeness (QED) is 0.639. The van der Waals surface area contributed by atoms with E-state index in [1.165, 1.54) is 6.92 Å². The maximum absolute atomic E-state index is 12.2. The summed E-state index contributed by atoms with van der Waals surface area (Å²) in [6.07, 6.45) is 3.60. The lowest BCUT2D eigenvalue weighted by Gasteiger charge is -2.16. The Morgan fingerprint density at radius 1 is 1.21 bits per heavy atom. The topological polar surface area (TPSA) is 86.2 Å². The number of anilines is 1. The lowest BCUT2D eigenvalue weighted by Crippen LogP contribution is -2.08. The minimum atomic E-state index is -0.521. The zero-order valence-corrected chi connectivity index (χ0v) is 15.9. The highest BCUT2D eigenvalue weighted by Crippen LogP contribution is 2.31. The number of nitrogens with one attached hydrogen (secondary N) is 1. The van der Waals surface area contributed by atoms with Gasteiger partial charge in [-0.25, -0.2) is 9.79 Å². The molecule has 2 aliphatic rings. The van der Waals surface area contributed by atoms with Crippen molar-refractivity contribution in [1.29, 1.82) is 0 Å². The molecule has 0 aromatic heterocycles. The number of hydrogen-bond acceptors (Lipinski definition) is 6. The molecule has 0 unspecified atom stereocenters. The maximum atomic E-state index is 12.2. The number of cyclic esters (lactones) is 1. The Hall–Kier alpha value is -3.87. The van der Waals surface area contributed by atoms with Gasteiger partial charge in [-0.05, 0) is 54.1 Å². The minimum Gasteiger partial charge on any atom is -0.497 e. The molecule has 7 heteroatoms. The van der Waals surface area contributed by atoms with E-state index < -0.39 is 5.97 Å². The molecule has 0 spiro atoms. The standard InChI is InChI=1S/C22H18N2O5/c1-13(25)23-17-6-3-15(4-7-17)21-24-19(22(26)29-21)10-14-9-16-5-8-18(27-2)11-20(16)28-12-14/h3-11H,12H2,1-2H3,(H,23,25)/b19-10-. The van der Waals surface area contributed by atoms with Gasteiger partial charge in [0.05, 0.1) is 7.11 Å². The van der Waals surface area contributed by atoms with Crippen molar-refractivity contribution in [1.82, 2.24) is 0 Å². The van der Waals surface area contributed by atoms with Gasteiger partial charge in [0.15, 0.2) is 5.70 Å². The number of ether oxygens (including phenoxy) is 3. The van der Waals surface area contributed by atoms with Crippen LogP contribution in [0.1, 0.15) is 18.1 Å². The van der Waals surface area contributed by atoms with Gasteiger partial charge in [-0.3, -0.25) is 4.79 Å². The summed E-state index contributed by atoms with van der Waals surface area (Å²) in [7, 11) is 1.60. The molecule has 0 radical (unpaired) electrons. The van der Waals surface area contributed by atoms with Crippen molar-refractivity contribution in [2.45, 2.75) is 6.92 Å². The molecule has 2 aliphatic heterocycles. The van der Waals surface area contributed by atoms with Gasteiger partial charge in [0.2, 0.25) is 11.8 Å². The van der Waals surface area contributed by atoms with Gasteiger partial charge in [-0.1, -0.05) is 0 Å². The number of amides is 1. The smallest absolute Gasteiger partial charge is 0.363 e. The van der Waals surface area contributed by atoms with Crippen LogP contribution in [0.15, 0.2) is 64.8 Å². The number of carbonyl (C=O) groups is 2.